The number of fused-ring (bicyclic) bond motifs is 1. The normalized spacial score (nSPS) is 46.6. The quantitative estimate of drug-likeness (QED) is 0.570. The second kappa shape index (κ2) is 4.70. The van der Waals surface area contributed by atoms with E-state index < -0.39 is 0 Å². The maximum atomic E-state index is 10.7. The van der Waals surface area contributed by atoms with Crippen molar-refractivity contribution < 1.29 is 5.11 Å². The molecule has 1 N–H and O–H groups in total. The lowest BCUT2D eigenvalue weighted by Gasteiger charge is -2.53. The minimum atomic E-state index is -0.162. The molecule has 0 radical (unpaired) electrons. The van der Waals surface area contributed by atoms with Gasteiger partial charge in [-0.25, -0.2) is 0 Å². The zero-order chi connectivity index (χ0) is 12.8. The molecule has 5 atom stereocenters. The van der Waals surface area contributed by atoms with E-state index in [1.165, 1.54) is 18.4 Å². The van der Waals surface area contributed by atoms with Crippen LogP contribution in [-0.4, -0.2) is 16.0 Å². The van der Waals surface area contributed by atoms with Crippen molar-refractivity contribution in [3.8, 4) is 0 Å². The Kier molecular flexibility index (Phi) is 3.76. The lowest BCUT2D eigenvalue weighted by Crippen LogP contribution is -2.52. The summed E-state index contributed by atoms with van der Waals surface area (Å²) >= 11 is 3.84. The predicted molar refractivity (Wildman–Crippen MR) is 76.3 cm³/mol. The SMILES string of the molecule is CC1=CCC(Br)C2(C)CCC(C(C)C)C(O)C12. The molecule has 0 saturated heterocycles. The van der Waals surface area contributed by atoms with Crippen molar-refractivity contribution in [2.45, 2.75) is 57.9 Å². The van der Waals surface area contributed by atoms with Gasteiger partial charge >= 0.3 is 0 Å². The van der Waals surface area contributed by atoms with Crippen molar-refractivity contribution in [1.82, 2.24) is 0 Å². The fourth-order valence-corrected chi connectivity index (χ4v) is 4.70. The Bertz CT molecular complexity index is 323. The molecular formula is C15H25BrO. The summed E-state index contributed by atoms with van der Waals surface area (Å²) in [5, 5.41) is 10.7. The van der Waals surface area contributed by atoms with Gasteiger partial charge in [-0.1, -0.05) is 48.4 Å². The summed E-state index contributed by atoms with van der Waals surface area (Å²) in [4.78, 5) is 0.520. The highest BCUT2D eigenvalue weighted by Gasteiger charge is 2.51. The maximum Gasteiger partial charge on any atom is 0.0641 e. The first-order chi connectivity index (χ1) is 7.88. The fraction of sp³-hybridized carbons (Fsp3) is 0.867. The Morgan fingerprint density at radius 1 is 1.47 bits per heavy atom. The molecular weight excluding hydrogens is 276 g/mol. The number of hydrogen-bond acceptors (Lipinski definition) is 1. The second-order valence-electron chi connectivity index (χ2n) is 6.57. The molecule has 2 aliphatic carbocycles. The van der Waals surface area contributed by atoms with Gasteiger partial charge in [-0.05, 0) is 43.4 Å². The first-order valence-corrected chi connectivity index (χ1v) is 7.78. The van der Waals surface area contributed by atoms with Crippen LogP contribution in [0.4, 0.5) is 0 Å². The van der Waals surface area contributed by atoms with Crippen molar-refractivity contribution in [2.75, 3.05) is 0 Å². The van der Waals surface area contributed by atoms with Crippen molar-refractivity contribution in [2.24, 2.45) is 23.2 Å². The molecule has 0 aromatic carbocycles. The Balaban J connectivity index is 2.33. The average Bonchev–Trinajstić information content (AvgIpc) is 2.23. The summed E-state index contributed by atoms with van der Waals surface area (Å²) in [6.07, 6.45) is 5.67. The molecule has 1 saturated carbocycles. The molecule has 1 fully saturated rings. The van der Waals surface area contributed by atoms with Crippen LogP contribution in [0.25, 0.3) is 0 Å². The van der Waals surface area contributed by atoms with Gasteiger partial charge in [0.15, 0.2) is 0 Å². The lowest BCUT2D eigenvalue weighted by molar-refractivity contribution is -0.0576. The van der Waals surface area contributed by atoms with E-state index in [9.17, 15) is 5.11 Å². The molecule has 5 unspecified atom stereocenters. The van der Waals surface area contributed by atoms with Gasteiger partial charge in [-0.15, -0.1) is 0 Å². The van der Waals surface area contributed by atoms with E-state index in [1.807, 2.05) is 0 Å². The van der Waals surface area contributed by atoms with Gasteiger partial charge in [0.1, 0.15) is 0 Å². The van der Waals surface area contributed by atoms with Crippen molar-refractivity contribution >= 4 is 15.9 Å². The first-order valence-electron chi connectivity index (χ1n) is 6.86. The Hall–Kier alpha value is 0.180. The number of aliphatic hydroxyl groups is 1. The second-order valence-corrected chi connectivity index (χ2v) is 7.68. The van der Waals surface area contributed by atoms with Gasteiger partial charge in [-0.3, -0.25) is 0 Å². The highest BCUT2D eigenvalue weighted by Crippen LogP contribution is 2.55. The zero-order valence-corrected chi connectivity index (χ0v) is 13.0. The average molecular weight is 301 g/mol. The molecule has 0 aliphatic heterocycles. The third-order valence-electron chi connectivity index (χ3n) is 5.22. The molecule has 0 amide bonds. The number of alkyl halides is 1. The van der Waals surface area contributed by atoms with Crippen LogP contribution in [0, 0.1) is 23.2 Å². The molecule has 1 nitrogen and oxygen atoms in total. The van der Waals surface area contributed by atoms with Crippen molar-refractivity contribution in [1.29, 1.82) is 0 Å². The number of aliphatic hydroxyl groups excluding tert-OH is 1. The van der Waals surface area contributed by atoms with Gasteiger partial charge in [0.25, 0.3) is 0 Å². The number of hydrogen-bond donors (Lipinski definition) is 1. The number of allylic oxidation sites excluding steroid dienone is 1. The smallest absolute Gasteiger partial charge is 0.0641 e. The van der Waals surface area contributed by atoms with Crippen LogP contribution < -0.4 is 0 Å². The fourth-order valence-electron chi connectivity index (χ4n) is 4.00. The minimum absolute atomic E-state index is 0.162. The summed E-state index contributed by atoms with van der Waals surface area (Å²) in [6, 6.07) is 0. The van der Waals surface area contributed by atoms with Gasteiger partial charge < -0.3 is 5.11 Å². The highest BCUT2D eigenvalue weighted by molar-refractivity contribution is 9.09. The van der Waals surface area contributed by atoms with Crippen molar-refractivity contribution in [3.63, 3.8) is 0 Å². The first kappa shape index (κ1) is 13.6. The van der Waals surface area contributed by atoms with E-state index in [-0.39, 0.29) is 11.5 Å². The third kappa shape index (κ3) is 2.12. The number of rotatable bonds is 1. The molecule has 98 valence electrons. The van der Waals surface area contributed by atoms with Crippen LogP contribution >= 0.6 is 15.9 Å². The van der Waals surface area contributed by atoms with E-state index in [4.69, 9.17) is 0 Å². The van der Waals surface area contributed by atoms with Gasteiger partial charge in [0, 0.05) is 10.7 Å². The Morgan fingerprint density at radius 2 is 2.12 bits per heavy atom. The minimum Gasteiger partial charge on any atom is -0.392 e. The summed E-state index contributed by atoms with van der Waals surface area (Å²) < 4.78 is 0. The van der Waals surface area contributed by atoms with E-state index in [0.29, 0.717) is 22.6 Å². The molecule has 17 heavy (non-hydrogen) atoms. The van der Waals surface area contributed by atoms with E-state index >= 15 is 0 Å². The summed E-state index contributed by atoms with van der Waals surface area (Å²) in [6.45, 7) is 9.04. The standard InChI is InChI=1S/C15H25BrO/c1-9(2)11-7-8-15(4)12(16)6-5-10(3)13(15)14(11)17/h5,9,11-14,17H,6-8H2,1-4H3. The number of halogens is 1. The zero-order valence-electron chi connectivity index (χ0n) is 11.4. The van der Waals surface area contributed by atoms with Crippen LogP contribution in [0.15, 0.2) is 11.6 Å². The Labute approximate surface area is 114 Å². The molecule has 2 rings (SSSR count). The van der Waals surface area contributed by atoms with E-state index in [0.717, 1.165) is 6.42 Å². The molecule has 0 aromatic heterocycles. The van der Waals surface area contributed by atoms with E-state index in [2.05, 4.69) is 49.7 Å². The largest absolute Gasteiger partial charge is 0.392 e. The topological polar surface area (TPSA) is 20.2 Å². The summed E-state index contributed by atoms with van der Waals surface area (Å²) in [7, 11) is 0. The predicted octanol–water partition coefficient (Wildman–Crippen LogP) is 4.15. The summed E-state index contributed by atoms with van der Waals surface area (Å²) in [5.74, 6) is 1.40. The van der Waals surface area contributed by atoms with Crippen LogP contribution in [-0.2, 0) is 0 Å². The molecule has 2 aliphatic rings. The van der Waals surface area contributed by atoms with Crippen LogP contribution in [0.2, 0.25) is 0 Å². The van der Waals surface area contributed by atoms with Gasteiger partial charge in [-0.2, -0.15) is 0 Å². The van der Waals surface area contributed by atoms with Crippen LogP contribution in [0.1, 0.15) is 47.0 Å². The van der Waals surface area contributed by atoms with Crippen LogP contribution in [0.5, 0.6) is 0 Å². The monoisotopic (exact) mass is 300 g/mol. The third-order valence-corrected chi connectivity index (χ3v) is 6.64. The maximum absolute atomic E-state index is 10.7. The van der Waals surface area contributed by atoms with Crippen molar-refractivity contribution in [3.05, 3.63) is 11.6 Å². The molecule has 0 heterocycles. The van der Waals surface area contributed by atoms with E-state index in [1.54, 1.807) is 0 Å². The van der Waals surface area contributed by atoms with Crippen LogP contribution in [0.3, 0.4) is 0 Å². The van der Waals surface area contributed by atoms with Gasteiger partial charge in [0.2, 0.25) is 0 Å². The van der Waals surface area contributed by atoms with Gasteiger partial charge in [0.05, 0.1) is 6.10 Å². The molecule has 0 bridgehead atoms. The highest BCUT2D eigenvalue weighted by atomic mass is 79.9. The Morgan fingerprint density at radius 3 is 2.71 bits per heavy atom. The molecule has 2 heteroatoms. The summed E-state index contributed by atoms with van der Waals surface area (Å²) in [5.41, 5.74) is 1.64. The lowest BCUT2D eigenvalue weighted by atomic mass is 9.55. The molecule has 0 aromatic rings. The molecule has 0 spiro atoms.